The molecule has 10 heavy (non-hydrogen) atoms. The van der Waals surface area contributed by atoms with Gasteiger partial charge in [-0.3, -0.25) is 0 Å². The van der Waals surface area contributed by atoms with E-state index in [2.05, 4.69) is 0 Å². The van der Waals surface area contributed by atoms with E-state index in [4.69, 9.17) is 4.74 Å². The van der Waals surface area contributed by atoms with Gasteiger partial charge in [-0.15, -0.1) is 0 Å². The Morgan fingerprint density at radius 2 is 2.00 bits per heavy atom. The Hall–Kier alpha value is -0.790. The van der Waals surface area contributed by atoms with Crippen LogP contribution in [0.2, 0.25) is 0 Å². The number of hydrogen-bond donors (Lipinski definition) is 0. The van der Waals surface area contributed by atoms with E-state index in [1.807, 2.05) is 26.8 Å². The number of ether oxygens (including phenoxy) is 1. The zero-order chi connectivity index (χ0) is 8.15. The van der Waals surface area contributed by atoms with Crippen LogP contribution in [0.3, 0.4) is 0 Å². The summed E-state index contributed by atoms with van der Waals surface area (Å²) in [6, 6.07) is 0. The summed E-state index contributed by atoms with van der Waals surface area (Å²) in [5.41, 5.74) is 0.720. The van der Waals surface area contributed by atoms with Crippen molar-refractivity contribution in [3.8, 4) is 0 Å². The highest BCUT2D eigenvalue weighted by molar-refractivity contribution is 5.90. The molecule has 0 aromatic heterocycles. The van der Waals surface area contributed by atoms with Gasteiger partial charge in [-0.1, -0.05) is 13.8 Å². The average Bonchev–Trinajstić information content (AvgIpc) is 2.16. The Bertz CT molecular complexity index is 147. The molecule has 0 aromatic carbocycles. The molecule has 0 N–H and O–H groups in total. The van der Waals surface area contributed by atoms with Gasteiger partial charge in [0.15, 0.2) is 0 Å². The zero-order valence-corrected chi connectivity index (χ0v) is 6.97. The third-order valence-corrected chi connectivity index (χ3v) is 1.10. The number of cyclic esters (lactones) is 1. The third kappa shape index (κ3) is 2.21. The van der Waals surface area contributed by atoms with E-state index in [9.17, 15) is 4.79 Å². The van der Waals surface area contributed by atoms with Crippen molar-refractivity contribution < 1.29 is 9.53 Å². The highest BCUT2D eigenvalue weighted by atomic mass is 16.5. The molecular weight excluding hydrogens is 128 g/mol. The normalized spacial score (nSPS) is 22.6. The van der Waals surface area contributed by atoms with Crippen LogP contribution in [-0.2, 0) is 9.53 Å². The lowest BCUT2D eigenvalue weighted by Gasteiger charge is -1.96. The molecule has 0 bridgehead atoms. The summed E-state index contributed by atoms with van der Waals surface area (Å²) in [4.78, 5) is 10.5. The molecule has 0 radical (unpaired) electrons. The molecule has 0 spiro atoms. The summed E-state index contributed by atoms with van der Waals surface area (Å²) in [5.74, 6) is -0.183. The van der Waals surface area contributed by atoms with Crippen LogP contribution >= 0.6 is 0 Å². The Labute approximate surface area is 61.9 Å². The van der Waals surface area contributed by atoms with Gasteiger partial charge in [0.2, 0.25) is 0 Å². The predicted octanol–water partition coefficient (Wildman–Crippen LogP) is 1.90. The van der Waals surface area contributed by atoms with Crippen LogP contribution in [0.25, 0.3) is 0 Å². The number of hydrogen-bond acceptors (Lipinski definition) is 2. The van der Waals surface area contributed by atoms with Gasteiger partial charge in [-0.25, -0.2) is 4.79 Å². The fourth-order valence-corrected chi connectivity index (χ4v) is 0.716. The lowest BCUT2D eigenvalue weighted by Crippen LogP contribution is -2.02. The maximum atomic E-state index is 10.5. The van der Waals surface area contributed by atoms with Gasteiger partial charge in [0, 0.05) is 5.57 Å². The molecule has 2 heteroatoms. The first kappa shape index (κ1) is 9.21. The first-order chi connectivity index (χ1) is 4.70. The molecule has 0 saturated heterocycles. The van der Waals surface area contributed by atoms with E-state index >= 15 is 0 Å². The van der Waals surface area contributed by atoms with Gasteiger partial charge in [-0.05, 0) is 19.9 Å². The van der Waals surface area contributed by atoms with Gasteiger partial charge in [0.05, 0.1) is 0 Å². The maximum Gasteiger partial charge on any atom is 0.334 e. The summed E-state index contributed by atoms with van der Waals surface area (Å²) < 4.78 is 4.74. The molecule has 1 aliphatic rings. The number of esters is 1. The Kier molecular flexibility index (Phi) is 3.77. The molecule has 0 aromatic rings. The standard InChI is InChI=1S/C6H8O2.C2H6/c1-4-3-5(2)8-6(4)7;1-2/h3,5H,1-2H3;1-2H3. The number of carbonyl (C=O) groups excluding carboxylic acids is 1. The Morgan fingerprint density at radius 1 is 1.50 bits per heavy atom. The molecule has 58 valence electrons. The molecule has 1 heterocycles. The van der Waals surface area contributed by atoms with Crippen LogP contribution in [0.5, 0.6) is 0 Å². The molecular formula is C8H14O2. The highest BCUT2D eigenvalue weighted by Gasteiger charge is 2.16. The second-order valence-corrected chi connectivity index (χ2v) is 1.96. The first-order valence-electron chi connectivity index (χ1n) is 3.59. The van der Waals surface area contributed by atoms with Crippen molar-refractivity contribution in [2.24, 2.45) is 0 Å². The second-order valence-electron chi connectivity index (χ2n) is 1.96. The molecule has 0 amide bonds. The minimum Gasteiger partial charge on any atom is -0.455 e. The van der Waals surface area contributed by atoms with Gasteiger partial charge < -0.3 is 4.74 Å². The van der Waals surface area contributed by atoms with Crippen LogP contribution in [0.15, 0.2) is 11.6 Å². The smallest absolute Gasteiger partial charge is 0.334 e. The van der Waals surface area contributed by atoms with Gasteiger partial charge in [0.1, 0.15) is 6.10 Å². The van der Waals surface area contributed by atoms with E-state index in [0.29, 0.717) is 0 Å². The fraction of sp³-hybridized carbons (Fsp3) is 0.625. The average molecular weight is 142 g/mol. The van der Waals surface area contributed by atoms with Crippen molar-refractivity contribution in [1.82, 2.24) is 0 Å². The zero-order valence-electron chi connectivity index (χ0n) is 6.97. The van der Waals surface area contributed by atoms with Crippen LogP contribution < -0.4 is 0 Å². The number of rotatable bonds is 0. The molecule has 0 aliphatic carbocycles. The minimum atomic E-state index is -0.183. The summed E-state index contributed by atoms with van der Waals surface area (Å²) in [5, 5.41) is 0. The molecule has 1 unspecified atom stereocenters. The quantitative estimate of drug-likeness (QED) is 0.483. The van der Waals surface area contributed by atoms with E-state index in [-0.39, 0.29) is 12.1 Å². The van der Waals surface area contributed by atoms with Crippen molar-refractivity contribution in [3.05, 3.63) is 11.6 Å². The van der Waals surface area contributed by atoms with Crippen molar-refractivity contribution in [2.45, 2.75) is 33.8 Å². The SMILES string of the molecule is CC.CC1=CC(C)OC1=O. The van der Waals surface area contributed by atoms with Gasteiger partial charge in [0.25, 0.3) is 0 Å². The monoisotopic (exact) mass is 142 g/mol. The molecule has 0 fully saturated rings. The van der Waals surface area contributed by atoms with E-state index < -0.39 is 0 Å². The van der Waals surface area contributed by atoms with Crippen molar-refractivity contribution in [2.75, 3.05) is 0 Å². The summed E-state index contributed by atoms with van der Waals surface area (Å²) in [6.07, 6.45) is 1.80. The van der Waals surface area contributed by atoms with Crippen molar-refractivity contribution >= 4 is 5.97 Å². The van der Waals surface area contributed by atoms with Crippen molar-refractivity contribution in [3.63, 3.8) is 0 Å². The van der Waals surface area contributed by atoms with Gasteiger partial charge >= 0.3 is 5.97 Å². The lowest BCUT2D eigenvalue weighted by atomic mass is 10.3. The van der Waals surface area contributed by atoms with Crippen LogP contribution in [-0.4, -0.2) is 12.1 Å². The maximum absolute atomic E-state index is 10.5. The first-order valence-corrected chi connectivity index (χ1v) is 3.59. The largest absolute Gasteiger partial charge is 0.455 e. The molecule has 2 nitrogen and oxygen atoms in total. The third-order valence-electron chi connectivity index (χ3n) is 1.10. The Morgan fingerprint density at radius 3 is 2.10 bits per heavy atom. The Balaban J connectivity index is 0.000000371. The predicted molar refractivity (Wildman–Crippen MR) is 40.7 cm³/mol. The highest BCUT2D eigenvalue weighted by Crippen LogP contribution is 2.10. The lowest BCUT2D eigenvalue weighted by molar-refractivity contribution is -0.138. The summed E-state index contributed by atoms with van der Waals surface area (Å²) in [7, 11) is 0. The van der Waals surface area contributed by atoms with Crippen LogP contribution in [0.1, 0.15) is 27.7 Å². The molecule has 1 aliphatic heterocycles. The summed E-state index contributed by atoms with van der Waals surface area (Å²) >= 11 is 0. The fourth-order valence-electron chi connectivity index (χ4n) is 0.716. The topological polar surface area (TPSA) is 26.3 Å². The van der Waals surface area contributed by atoms with Crippen LogP contribution in [0, 0.1) is 0 Å². The summed E-state index contributed by atoms with van der Waals surface area (Å²) in [6.45, 7) is 7.60. The molecule has 1 atom stereocenters. The molecule has 1 rings (SSSR count). The van der Waals surface area contributed by atoms with Crippen molar-refractivity contribution in [1.29, 1.82) is 0 Å². The molecule has 0 saturated carbocycles. The van der Waals surface area contributed by atoms with Gasteiger partial charge in [-0.2, -0.15) is 0 Å². The van der Waals surface area contributed by atoms with E-state index in [0.717, 1.165) is 5.57 Å². The van der Waals surface area contributed by atoms with E-state index in [1.54, 1.807) is 6.92 Å². The van der Waals surface area contributed by atoms with E-state index in [1.165, 1.54) is 0 Å². The van der Waals surface area contributed by atoms with Crippen LogP contribution in [0.4, 0.5) is 0 Å². The number of carbonyl (C=O) groups is 1. The second kappa shape index (κ2) is 4.09. The minimum absolute atomic E-state index is 0.0116.